The highest BCUT2D eigenvalue weighted by Gasteiger charge is 2.22. The van der Waals surface area contributed by atoms with Gasteiger partial charge in [0.1, 0.15) is 5.69 Å². The smallest absolute Gasteiger partial charge is 0.244 e. The van der Waals surface area contributed by atoms with Crippen LogP contribution < -0.4 is 5.32 Å². The van der Waals surface area contributed by atoms with Crippen molar-refractivity contribution in [2.24, 2.45) is 0 Å². The van der Waals surface area contributed by atoms with Gasteiger partial charge in [-0.3, -0.25) is 9.78 Å². The third-order valence-electron chi connectivity index (χ3n) is 4.04. The molecule has 2 aromatic heterocycles. The largest absolute Gasteiger partial charge is 0.350 e. The summed E-state index contributed by atoms with van der Waals surface area (Å²) < 4.78 is 1.82. The van der Waals surface area contributed by atoms with Crippen molar-refractivity contribution in [2.45, 2.75) is 18.9 Å². The second-order valence-corrected chi connectivity index (χ2v) is 6.07. The molecule has 124 valence electrons. The highest BCUT2D eigenvalue weighted by atomic mass is 16.1. The average Bonchev–Trinajstić information content (AvgIpc) is 3.37. The van der Waals surface area contributed by atoms with Gasteiger partial charge in [-0.25, -0.2) is 4.68 Å². The predicted octanol–water partition coefficient (Wildman–Crippen LogP) is 3.23. The first-order chi connectivity index (χ1) is 12.3. The molecule has 0 saturated heterocycles. The highest BCUT2D eigenvalue weighted by molar-refractivity contribution is 5.93. The Morgan fingerprint density at radius 3 is 2.72 bits per heavy atom. The lowest BCUT2D eigenvalue weighted by Crippen LogP contribution is -2.22. The molecule has 0 unspecified atom stereocenters. The van der Waals surface area contributed by atoms with Crippen molar-refractivity contribution in [3.8, 4) is 16.9 Å². The molecule has 5 nitrogen and oxygen atoms in total. The zero-order chi connectivity index (χ0) is 17.1. The number of hydrogen-bond acceptors (Lipinski definition) is 3. The Hall–Kier alpha value is -3.21. The quantitative estimate of drug-likeness (QED) is 0.731. The first-order valence-corrected chi connectivity index (χ1v) is 8.34. The van der Waals surface area contributed by atoms with Crippen LogP contribution in [0.15, 0.2) is 67.1 Å². The van der Waals surface area contributed by atoms with E-state index in [1.54, 1.807) is 18.5 Å². The Bertz CT molecular complexity index is 896. The summed E-state index contributed by atoms with van der Waals surface area (Å²) in [6, 6.07) is 14.1. The second-order valence-electron chi connectivity index (χ2n) is 6.07. The van der Waals surface area contributed by atoms with Gasteiger partial charge in [-0.15, -0.1) is 0 Å². The SMILES string of the molecule is O=C(/C=C/c1cn(-c2ccccc2)nc1-c1cccnc1)NC1CC1. The van der Waals surface area contributed by atoms with E-state index in [1.807, 2.05) is 59.4 Å². The summed E-state index contributed by atoms with van der Waals surface area (Å²) in [7, 11) is 0. The van der Waals surface area contributed by atoms with Crippen molar-refractivity contribution < 1.29 is 4.79 Å². The number of nitrogens with one attached hydrogen (secondary N) is 1. The molecule has 1 fully saturated rings. The lowest BCUT2D eigenvalue weighted by atomic mass is 10.1. The van der Waals surface area contributed by atoms with Gasteiger partial charge in [0.25, 0.3) is 0 Å². The van der Waals surface area contributed by atoms with Crippen LogP contribution in [0.2, 0.25) is 0 Å². The van der Waals surface area contributed by atoms with Gasteiger partial charge in [-0.1, -0.05) is 18.2 Å². The van der Waals surface area contributed by atoms with Crippen LogP contribution in [0.3, 0.4) is 0 Å². The van der Waals surface area contributed by atoms with Crippen molar-refractivity contribution in [1.82, 2.24) is 20.1 Å². The molecule has 5 heteroatoms. The molecule has 1 aliphatic carbocycles. The van der Waals surface area contributed by atoms with Crippen LogP contribution in [0.25, 0.3) is 23.0 Å². The Balaban J connectivity index is 1.69. The van der Waals surface area contributed by atoms with Gasteiger partial charge in [0.05, 0.1) is 5.69 Å². The predicted molar refractivity (Wildman–Crippen MR) is 97.0 cm³/mol. The van der Waals surface area contributed by atoms with Crippen LogP contribution in [-0.4, -0.2) is 26.7 Å². The Kier molecular flexibility index (Phi) is 4.12. The molecule has 1 aromatic carbocycles. The van der Waals surface area contributed by atoms with E-state index in [1.165, 1.54) is 0 Å². The molecule has 2 heterocycles. The maximum Gasteiger partial charge on any atom is 0.244 e. The van der Waals surface area contributed by atoms with Gasteiger partial charge in [0.15, 0.2) is 0 Å². The van der Waals surface area contributed by atoms with E-state index in [-0.39, 0.29) is 5.91 Å². The van der Waals surface area contributed by atoms with E-state index in [4.69, 9.17) is 5.10 Å². The summed E-state index contributed by atoms with van der Waals surface area (Å²) in [5.74, 6) is -0.0629. The summed E-state index contributed by atoms with van der Waals surface area (Å²) in [6.45, 7) is 0. The zero-order valence-electron chi connectivity index (χ0n) is 13.7. The minimum Gasteiger partial charge on any atom is -0.350 e. The lowest BCUT2D eigenvalue weighted by molar-refractivity contribution is -0.116. The molecule has 0 atom stereocenters. The van der Waals surface area contributed by atoms with Crippen LogP contribution in [0.4, 0.5) is 0 Å². The number of carbonyl (C=O) groups excluding carboxylic acids is 1. The number of rotatable bonds is 5. The number of carbonyl (C=O) groups is 1. The number of benzene rings is 1. The molecule has 1 aliphatic rings. The average molecular weight is 330 g/mol. The molecule has 0 bridgehead atoms. The molecule has 0 aliphatic heterocycles. The van der Waals surface area contributed by atoms with Crippen molar-refractivity contribution in [2.75, 3.05) is 0 Å². The van der Waals surface area contributed by atoms with Gasteiger partial charge in [-0.05, 0) is 43.2 Å². The van der Waals surface area contributed by atoms with Crippen molar-refractivity contribution >= 4 is 12.0 Å². The molecule has 0 radical (unpaired) electrons. The lowest BCUT2D eigenvalue weighted by Gasteiger charge is -2.00. The number of aromatic nitrogens is 3. The minimum absolute atomic E-state index is 0.0629. The fourth-order valence-electron chi connectivity index (χ4n) is 2.59. The minimum atomic E-state index is -0.0629. The fourth-order valence-corrected chi connectivity index (χ4v) is 2.59. The van der Waals surface area contributed by atoms with Crippen LogP contribution in [0.1, 0.15) is 18.4 Å². The molecule has 1 saturated carbocycles. The molecular formula is C20H18N4O. The number of para-hydroxylation sites is 1. The van der Waals surface area contributed by atoms with Crippen LogP contribution in [0.5, 0.6) is 0 Å². The molecule has 1 N–H and O–H groups in total. The van der Waals surface area contributed by atoms with E-state index in [2.05, 4.69) is 10.3 Å². The Labute approximate surface area is 146 Å². The summed E-state index contributed by atoms with van der Waals surface area (Å²) in [5.41, 5.74) is 3.56. The summed E-state index contributed by atoms with van der Waals surface area (Å²) in [5, 5.41) is 7.65. The standard InChI is InChI=1S/C20H18N4O/c25-19(22-17-9-10-17)11-8-16-14-24(18-6-2-1-3-7-18)23-20(16)15-5-4-12-21-13-15/h1-8,11-14,17H,9-10H2,(H,22,25)/b11-8+. The molecule has 4 rings (SSSR count). The van der Waals surface area contributed by atoms with Crippen LogP contribution in [0, 0.1) is 0 Å². The van der Waals surface area contributed by atoms with Crippen molar-refractivity contribution in [3.63, 3.8) is 0 Å². The fraction of sp³-hybridized carbons (Fsp3) is 0.150. The van der Waals surface area contributed by atoms with E-state index in [0.717, 1.165) is 35.3 Å². The Morgan fingerprint density at radius 2 is 2.00 bits per heavy atom. The van der Waals surface area contributed by atoms with Gasteiger partial charge >= 0.3 is 0 Å². The number of hydrogen-bond donors (Lipinski definition) is 1. The van der Waals surface area contributed by atoms with E-state index >= 15 is 0 Å². The van der Waals surface area contributed by atoms with Crippen LogP contribution >= 0.6 is 0 Å². The Morgan fingerprint density at radius 1 is 1.16 bits per heavy atom. The monoisotopic (exact) mass is 330 g/mol. The van der Waals surface area contributed by atoms with Crippen LogP contribution in [-0.2, 0) is 4.79 Å². The third-order valence-corrected chi connectivity index (χ3v) is 4.04. The first-order valence-electron chi connectivity index (χ1n) is 8.34. The molecular weight excluding hydrogens is 312 g/mol. The third kappa shape index (κ3) is 3.66. The second kappa shape index (κ2) is 6.73. The van der Waals surface area contributed by atoms with Gasteiger partial charge < -0.3 is 5.32 Å². The molecule has 3 aromatic rings. The summed E-state index contributed by atoms with van der Waals surface area (Å²) in [4.78, 5) is 16.1. The molecule has 0 spiro atoms. The van der Waals surface area contributed by atoms with Crippen molar-refractivity contribution in [1.29, 1.82) is 0 Å². The van der Waals surface area contributed by atoms with Gasteiger partial charge in [0.2, 0.25) is 5.91 Å². The summed E-state index contributed by atoms with van der Waals surface area (Å²) >= 11 is 0. The first kappa shape index (κ1) is 15.3. The number of amides is 1. The maximum absolute atomic E-state index is 12.0. The number of pyridine rings is 1. The van der Waals surface area contributed by atoms with E-state index in [9.17, 15) is 4.79 Å². The normalized spacial score (nSPS) is 13.9. The topological polar surface area (TPSA) is 59.8 Å². The highest BCUT2D eigenvalue weighted by Crippen LogP contribution is 2.24. The number of nitrogens with zero attached hydrogens (tertiary/aromatic N) is 3. The molecule has 25 heavy (non-hydrogen) atoms. The van der Waals surface area contributed by atoms with Gasteiger partial charge in [-0.2, -0.15) is 5.10 Å². The van der Waals surface area contributed by atoms with Gasteiger partial charge in [0, 0.05) is 41.8 Å². The molecule has 1 amide bonds. The van der Waals surface area contributed by atoms with E-state index < -0.39 is 0 Å². The maximum atomic E-state index is 12.0. The summed E-state index contributed by atoms with van der Waals surface area (Å²) in [6.07, 6.45) is 11.0. The van der Waals surface area contributed by atoms with E-state index in [0.29, 0.717) is 6.04 Å². The van der Waals surface area contributed by atoms with Crippen molar-refractivity contribution in [3.05, 3.63) is 72.7 Å². The zero-order valence-corrected chi connectivity index (χ0v) is 13.7.